The maximum Gasteiger partial charge on any atom is 0.321 e. The normalized spacial score (nSPS) is 11.5. The summed E-state index contributed by atoms with van der Waals surface area (Å²) in [7, 11) is 1.41. The van der Waals surface area contributed by atoms with Crippen LogP contribution in [0.4, 0.5) is 10.6 Å². The lowest BCUT2D eigenvalue weighted by Gasteiger charge is -2.15. The monoisotopic (exact) mass is 252 g/mol. The Kier molecular flexibility index (Phi) is 4.47. The Morgan fingerprint density at radius 3 is 2.67 bits per heavy atom. The second-order valence-corrected chi connectivity index (χ2v) is 3.66. The molecule has 1 rings (SSSR count). The van der Waals surface area contributed by atoms with Gasteiger partial charge in [0.05, 0.1) is 0 Å². The van der Waals surface area contributed by atoms with Crippen LogP contribution in [0.1, 0.15) is 12.6 Å². The zero-order valence-electron chi connectivity index (χ0n) is 10.5. The van der Waals surface area contributed by atoms with Crippen molar-refractivity contribution >= 4 is 17.8 Å². The number of nitrogens with zero attached hydrogens (tertiary/aromatic N) is 1. The third kappa shape index (κ3) is 3.62. The largest absolute Gasteiger partial charge is 0.477 e. The highest BCUT2D eigenvalue weighted by molar-refractivity contribution is 5.96. The molecule has 4 N–H and O–H groups in total. The van der Waals surface area contributed by atoms with Gasteiger partial charge in [-0.2, -0.15) is 0 Å². The summed E-state index contributed by atoms with van der Waals surface area (Å²) < 4.78 is 5.33. The predicted molar refractivity (Wildman–Crippen MR) is 66.1 cm³/mol. The van der Waals surface area contributed by atoms with E-state index in [1.54, 1.807) is 19.1 Å². The smallest absolute Gasteiger partial charge is 0.321 e. The van der Waals surface area contributed by atoms with Crippen molar-refractivity contribution in [2.75, 3.05) is 12.8 Å². The number of nitrogen functional groups attached to an aromatic ring is 1. The van der Waals surface area contributed by atoms with Crippen molar-refractivity contribution in [1.82, 2.24) is 15.6 Å². The first-order valence-electron chi connectivity index (χ1n) is 5.36. The number of carbonyl (C=O) groups is 2. The number of pyridine rings is 1. The molecule has 7 heteroatoms. The van der Waals surface area contributed by atoms with Crippen LogP contribution in [0.2, 0.25) is 0 Å². The SMILES string of the molecule is CNC(=O)NC(=O)C(C)Oc1ccc(C)nc1N. The fraction of sp³-hybridized carbons (Fsp3) is 0.364. The van der Waals surface area contributed by atoms with E-state index in [4.69, 9.17) is 10.5 Å². The lowest BCUT2D eigenvalue weighted by molar-refractivity contribution is -0.126. The first-order valence-corrected chi connectivity index (χ1v) is 5.36. The molecular weight excluding hydrogens is 236 g/mol. The van der Waals surface area contributed by atoms with Gasteiger partial charge in [0.1, 0.15) is 0 Å². The van der Waals surface area contributed by atoms with Gasteiger partial charge in [-0.3, -0.25) is 10.1 Å². The number of aromatic nitrogens is 1. The van der Waals surface area contributed by atoms with Crippen LogP contribution in [0, 0.1) is 6.92 Å². The van der Waals surface area contributed by atoms with Crippen molar-refractivity contribution in [2.24, 2.45) is 0 Å². The Hall–Kier alpha value is -2.31. The third-order valence-electron chi connectivity index (χ3n) is 2.16. The van der Waals surface area contributed by atoms with Crippen LogP contribution in [0.3, 0.4) is 0 Å². The molecule has 98 valence electrons. The molecule has 1 heterocycles. The van der Waals surface area contributed by atoms with E-state index in [9.17, 15) is 9.59 Å². The molecule has 0 aliphatic heterocycles. The zero-order chi connectivity index (χ0) is 13.7. The molecule has 0 spiro atoms. The predicted octanol–water partition coefficient (Wildman–Crippen LogP) is 0.195. The van der Waals surface area contributed by atoms with Crippen LogP contribution < -0.4 is 21.1 Å². The van der Waals surface area contributed by atoms with Gasteiger partial charge in [0.2, 0.25) is 0 Å². The molecule has 7 nitrogen and oxygen atoms in total. The number of ether oxygens (including phenoxy) is 1. The molecule has 0 radical (unpaired) electrons. The summed E-state index contributed by atoms with van der Waals surface area (Å²) in [6.07, 6.45) is -0.853. The number of carbonyl (C=O) groups excluding carboxylic acids is 2. The van der Waals surface area contributed by atoms with Crippen LogP contribution in [0.25, 0.3) is 0 Å². The van der Waals surface area contributed by atoms with E-state index < -0.39 is 18.0 Å². The number of imide groups is 1. The van der Waals surface area contributed by atoms with Gasteiger partial charge < -0.3 is 15.8 Å². The fourth-order valence-electron chi connectivity index (χ4n) is 1.18. The lowest BCUT2D eigenvalue weighted by atomic mass is 10.3. The van der Waals surface area contributed by atoms with Gasteiger partial charge in [-0.05, 0) is 26.0 Å². The third-order valence-corrected chi connectivity index (χ3v) is 2.16. The number of urea groups is 1. The Morgan fingerprint density at radius 1 is 1.44 bits per heavy atom. The van der Waals surface area contributed by atoms with Crippen molar-refractivity contribution in [3.63, 3.8) is 0 Å². The van der Waals surface area contributed by atoms with Gasteiger partial charge in [-0.25, -0.2) is 9.78 Å². The van der Waals surface area contributed by atoms with E-state index in [1.165, 1.54) is 14.0 Å². The highest BCUT2D eigenvalue weighted by Gasteiger charge is 2.18. The summed E-state index contributed by atoms with van der Waals surface area (Å²) in [5, 5.41) is 4.38. The van der Waals surface area contributed by atoms with Crippen molar-refractivity contribution in [3.05, 3.63) is 17.8 Å². The topological polar surface area (TPSA) is 106 Å². The van der Waals surface area contributed by atoms with Crippen LogP contribution in [0.15, 0.2) is 12.1 Å². The number of aryl methyl sites for hydroxylation is 1. The molecule has 0 aromatic carbocycles. The summed E-state index contributed by atoms with van der Waals surface area (Å²) >= 11 is 0. The molecule has 1 aromatic heterocycles. The van der Waals surface area contributed by atoms with Gasteiger partial charge >= 0.3 is 6.03 Å². The number of amides is 3. The number of nitrogens with one attached hydrogen (secondary N) is 2. The number of anilines is 1. The maximum atomic E-state index is 11.5. The van der Waals surface area contributed by atoms with Gasteiger partial charge in [0.25, 0.3) is 5.91 Å². The van der Waals surface area contributed by atoms with Crippen molar-refractivity contribution in [3.8, 4) is 5.75 Å². The van der Waals surface area contributed by atoms with Crippen LogP contribution >= 0.6 is 0 Å². The quantitative estimate of drug-likeness (QED) is 0.712. The average molecular weight is 252 g/mol. The molecule has 0 saturated carbocycles. The molecule has 1 aromatic rings. The van der Waals surface area contributed by atoms with Crippen molar-refractivity contribution in [1.29, 1.82) is 0 Å². The van der Waals surface area contributed by atoms with E-state index in [2.05, 4.69) is 15.6 Å². The Morgan fingerprint density at radius 2 is 2.11 bits per heavy atom. The minimum Gasteiger partial charge on any atom is -0.477 e. The highest BCUT2D eigenvalue weighted by atomic mass is 16.5. The van der Waals surface area contributed by atoms with Crippen LogP contribution in [-0.2, 0) is 4.79 Å². The zero-order valence-corrected chi connectivity index (χ0v) is 10.5. The molecule has 0 fully saturated rings. The van der Waals surface area contributed by atoms with Crippen molar-refractivity contribution in [2.45, 2.75) is 20.0 Å². The van der Waals surface area contributed by atoms with E-state index in [0.29, 0.717) is 5.75 Å². The lowest BCUT2D eigenvalue weighted by Crippen LogP contribution is -2.44. The molecule has 3 amide bonds. The minimum atomic E-state index is -0.853. The number of hydrogen-bond donors (Lipinski definition) is 3. The van der Waals surface area contributed by atoms with Gasteiger partial charge in [-0.15, -0.1) is 0 Å². The number of hydrogen-bond acceptors (Lipinski definition) is 5. The van der Waals surface area contributed by atoms with E-state index in [-0.39, 0.29) is 5.82 Å². The van der Waals surface area contributed by atoms with Gasteiger partial charge in [0.15, 0.2) is 17.7 Å². The molecule has 0 aliphatic rings. The molecule has 1 atom stereocenters. The molecule has 0 bridgehead atoms. The van der Waals surface area contributed by atoms with Crippen LogP contribution in [0.5, 0.6) is 5.75 Å². The number of nitrogens with two attached hydrogens (primary N) is 1. The highest BCUT2D eigenvalue weighted by Crippen LogP contribution is 2.20. The van der Waals surface area contributed by atoms with E-state index in [1.807, 2.05) is 0 Å². The Bertz CT molecular complexity index is 462. The maximum absolute atomic E-state index is 11.5. The summed E-state index contributed by atoms with van der Waals surface area (Å²) in [5.41, 5.74) is 6.40. The van der Waals surface area contributed by atoms with Gasteiger partial charge in [0, 0.05) is 12.7 Å². The van der Waals surface area contributed by atoms with Crippen LogP contribution in [-0.4, -0.2) is 30.1 Å². The summed E-state index contributed by atoms with van der Waals surface area (Å²) in [6, 6.07) is 2.75. The van der Waals surface area contributed by atoms with E-state index in [0.717, 1.165) is 5.69 Å². The Labute approximate surface area is 105 Å². The first kappa shape index (κ1) is 13.8. The Balaban J connectivity index is 2.66. The fourth-order valence-corrected chi connectivity index (χ4v) is 1.18. The molecule has 1 unspecified atom stereocenters. The average Bonchev–Trinajstić information content (AvgIpc) is 2.32. The second-order valence-electron chi connectivity index (χ2n) is 3.66. The second kappa shape index (κ2) is 5.85. The molecule has 18 heavy (non-hydrogen) atoms. The number of rotatable bonds is 3. The summed E-state index contributed by atoms with van der Waals surface area (Å²) in [4.78, 5) is 26.5. The minimum absolute atomic E-state index is 0.203. The van der Waals surface area contributed by atoms with Gasteiger partial charge in [-0.1, -0.05) is 0 Å². The molecule has 0 saturated heterocycles. The standard InChI is InChI=1S/C11H16N4O3/c1-6-4-5-8(9(12)14-6)18-7(2)10(16)15-11(17)13-3/h4-5,7H,1-3H3,(H2,12,14)(H2,13,15,16,17). The van der Waals surface area contributed by atoms with Crippen molar-refractivity contribution < 1.29 is 14.3 Å². The first-order chi connectivity index (χ1) is 8.43. The molecular formula is C11H16N4O3. The van der Waals surface area contributed by atoms with E-state index >= 15 is 0 Å². The molecule has 0 aliphatic carbocycles. The summed E-state index contributed by atoms with van der Waals surface area (Å²) in [5.74, 6) is -0.0518. The summed E-state index contributed by atoms with van der Waals surface area (Å²) in [6.45, 7) is 3.30.